The first-order valence-electron chi connectivity index (χ1n) is 5.34. The minimum Gasteiger partial charge on any atom is -0.512 e. The fourth-order valence-corrected chi connectivity index (χ4v) is 1.44. The smallest absolute Gasteiger partial charge is 0.512 e. The van der Waals surface area contributed by atoms with Gasteiger partial charge >= 0.3 is 7.32 Å². The maximum atomic E-state index is 8.58. The normalized spacial score (nSPS) is 10.1. The largest absolute Gasteiger partial charge is 0.707 e. The van der Waals surface area contributed by atoms with Crippen LogP contribution in [0.5, 0.6) is 5.75 Å². The average molecular weight is 208 g/mol. The second kappa shape index (κ2) is 6.48. The van der Waals surface area contributed by atoms with Gasteiger partial charge in [-0.25, -0.2) is 0 Å². The zero-order valence-corrected chi connectivity index (χ0v) is 9.02. The van der Waals surface area contributed by atoms with Gasteiger partial charge in [0.05, 0.1) is 0 Å². The Balaban J connectivity index is 2.42. The number of hydrogen-bond acceptors (Lipinski definition) is 3. The van der Waals surface area contributed by atoms with Gasteiger partial charge in [0.1, 0.15) is 5.75 Å². The SMILES string of the molecule is CCCCCc1ccc(OB(O)O)cc1. The van der Waals surface area contributed by atoms with Crippen molar-refractivity contribution < 1.29 is 14.7 Å². The van der Waals surface area contributed by atoms with Gasteiger partial charge in [0.25, 0.3) is 0 Å². The van der Waals surface area contributed by atoms with Crippen LogP contribution in [0.15, 0.2) is 24.3 Å². The van der Waals surface area contributed by atoms with Gasteiger partial charge in [0.2, 0.25) is 0 Å². The summed E-state index contributed by atoms with van der Waals surface area (Å²) in [6.45, 7) is 2.18. The van der Waals surface area contributed by atoms with Crippen molar-refractivity contribution in [2.24, 2.45) is 0 Å². The highest BCUT2D eigenvalue weighted by atomic mass is 16.6. The summed E-state index contributed by atoms with van der Waals surface area (Å²) in [5.74, 6) is 0.476. The van der Waals surface area contributed by atoms with Gasteiger partial charge in [-0.1, -0.05) is 31.9 Å². The molecule has 0 aliphatic carbocycles. The fourth-order valence-electron chi connectivity index (χ4n) is 1.44. The molecular weight excluding hydrogens is 191 g/mol. The van der Waals surface area contributed by atoms with Crippen molar-refractivity contribution in [2.45, 2.75) is 32.6 Å². The molecule has 3 nitrogen and oxygen atoms in total. The van der Waals surface area contributed by atoms with Gasteiger partial charge in [-0.3, -0.25) is 0 Å². The molecule has 0 aliphatic rings. The molecular formula is C11H17BO3. The Bertz CT molecular complexity index is 272. The van der Waals surface area contributed by atoms with Crippen LogP contribution in [0.3, 0.4) is 0 Å². The summed E-state index contributed by atoms with van der Waals surface area (Å²) >= 11 is 0. The summed E-state index contributed by atoms with van der Waals surface area (Å²) in [4.78, 5) is 0. The van der Waals surface area contributed by atoms with Gasteiger partial charge in [0.15, 0.2) is 0 Å². The number of hydrogen-bond donors (Lipinski definition) is 2. The van der Waals surface area contributed by atoms with Crippen molar-refractivity contribution in [3.8, 4) is 5.75 Å². The van der Waals surface area contributed by atoms with Gasteiger partial charge < -0.3 is 14.7 Å². The lowest BCUT2D eigenvalue weighted by molar-refractivity contribution is 0.288. The Morgan fingerprint density at radius 1 is 1.13 bits per heavy atom. The van der Waals surface area contributed by atoms with Crippen LogP contribution in [0.2, 0.25) is 0 Å². The van der Waals surface area contributed by atoms with Crippen LogP contribution in [0, 0.1) is 0 Å². The molecule has 0 bridgehead atoms. The van der Waals surface area contributed by atoms with Crippen LogP contribution >= 0.6 is 0 Å². The van der Waals surface area contributed by atoms with E-state index in [1.807, 2.05) is 12.1 Å². The summed E-state index contributed by atoms with van der Waals surface area (Å²) in [7, 11) is -1.74. The van der Waals surface area contributed by atoms with Crippen molar-refractivity contribution in [1.82, 2.24) is 0 Å². The molecule has 0 aliphatic heterocycles. The van der Waals surface area contributed by atoms with Gasteiger partial charge in [-0.05, 0) is 30.5 Å². The van der Waals surface area contributed by atoms with Crippen LogP contribution in [-0.4, -0.2) is 17.4 Å². The first-order chi connectivity index (χ1) is 7.22. The molecule has 0 fully saturated rings. The summed E-state index contributed by atoms with van der Waals surface area (Å²) in [5.41, 5.74) is 1.25. The van der Waals surface area contributed by atoms with Crippen LogP contribution in [-0.2, 0) is 6.42 Å². The predicted molar refractivity (Wildman–Crippen MR) is 60.5 cm³/mol. The summed E-state index contributed by atoms with van der Waals surface area (Å²) in [5, 5.41) is 17.2. The van der Waals surface area contributed by atoms with E-state index < -0.39 is 7.32 Å². The quantitative estimate of drug-likeness (QED) is 0.553. The van der Waals surface area contributed by atoms with Crippen LogP contribution in [0.1, 0.15) is 31.7 Å². The molecule has 0 spiro atoms. The highest BCUT2D eigenvalue weighted by Gasteiger charge is 2.10. The monoisotopic (exact) mass is 208 g/mol. The Morgan fingerprint density at radius 2 is 1.80 bits per heavy atom. The van der Waals surface area contributed by atoms with Gasteiger partial charge in [-0.15, -0.1) is 0 Å². The van der Waals surface area contributed by atoms with Crippen molar-refractivity contribution in [1.29, 1.82) is 0 Å². The second-order valence-electron chi connectivity index (χ2n) is 3.55. The van der Waals surface area contributed by atoms with E-state index in [2.05, 4.69) is 6.92 Å². The average Bonchev–Trinajstić information content (AvgIpc) is 2.20. The van der Waals surface area contributed by atoms with Crippen molar-refractivity contribution in [3.05, 3.63) is 29.8 Å². The maximum absolute atomic E-state index is 8.58. The number of benzene rings is 1. The Hall–Kier alpha value is -0.995. The Kier molecular flexibility index (Phi) is 5.22. The number of rotatable bonds is 6. The molecule has 0 unspecified atom stereocenters. The molecule has 0 radical (unpaired) electrons. The van der Waals surface area contributed by atoms with E-state index in [1.165, 1.54) is 24.8 Å². The molecule has 0 amide bonds. The Labute approximate surface area is 90.9 Å². The Morgan fingerprint density at radius 3 is 2.33 bits per heavy atom. The van der Waals surface area contributed by atoms with E-state index in [0.717, 1.165) is 6.42 Å². The number of aryl methyl sites for hydroxylation is 1. The topological polar surface area (TPSA) is 49.7 Å². The van der Waals surface area contributed by atoms with Crippen molar-refractivity contribution >= 4 is 7.32 Å². The lowest BCUT2D eigenvalue weighted by atomic mass is 10.1. The molecule has 15 heavy (non-hydrogen) atoms. The third-order valence-electron chi connectivity index (χ3n) is 2.23. The first-order valence-corrected chi connectivity index (χ1v) is 5.34. The third kappa shape index (κ3) is 4.86. The third-order valence-corrected chi connectivity index (χ3v) is 2.23. The number of unbranched alkanes of at least 4 members (excludes halogenated alkanes) is 2. The summed E-state index contributed by atoms with van der Waals surface area (Å²) in [6.07, 6.45) is 4.72. The van der Waals surface area contributed by atoms with E-state index in [1.54, 1.807) is 12.1 Å². The zero-order chi connectivity index (χ0) is 11.1. The molecule has 1 aromatic carbocycles. The first kappa shape index (κ1) is 12.1. The van der Waals surface area contributed by atoms with Crippen molar-refractivity contribution in [3.63, 3.8) is 0 Å². The molecule has 1 rings (SSSR count). The summed E-state index contributed by atoms with van der Waals surface area (Å²) < 4.78 is 4.71. The van der Waals surface area contributed by atoms with Crippen molar-refractivity contribution in [2.75, 3.05) is 0 Å². The fraction of sp³-hybridized carbons (Fsp3) is 0.455. The minimum atomic E-state index is -1.74. The molecule has 0 atom stereocenters. The van der Waals surface area contributed by atoms with E-state index in [9.17, 15) is 0 Å². The van der Waals surface area contributed by atoms with Crippen LogP contribution < -0.4 is 4.65 Å². The lowest BCUT2D eigenvalue weighted by Gasteiger charge is -2.05. The van der Waals surface area contributed by atoms with E-state index >= 15 is 0 Å². The molecule has 1 aromatic rings. The van der Waals surface area contributed by atoms with Gasteiger partial charge in [-0.2, -0.15) is 0 Å². The predicted octanol–water partition coefficient (Wildman–Crippen LogP) is 1.77. The molecule has 0 aromatic heterocycles. The standard InChI is InChI=1S/C11H17BO3/c1-2-3-4-5-10-6-8-11(9-7-10)15-12(13)14/h6-9,13-14H,2-5H2,1H3. The van der Waals surface area contributed by atoms with Crippen LogP contribution in [0.4, 0.5) is 0 Å². The van der Waals surface area contributed by atoms with E-state index in [4.69, 9.17) is 14.7 Å². The zero-order valence-electron chi connectivity index (χ0n) is 9.02. The lowest BCUT2D eigenvalue weighted by Crippen LogP contribution is -2.20. The highest BCUT2D eigenvalue weighted by molar-refractivity contribution is 6.33. The highest BCUT2D eigenvalue weighted by Crippen LogP contribution is 2.14. The molecule has 4 heteroatoms. The minimum absolute atomic E-state index is 0.476. The van der Waals surface area contributed by atoms with E-state index in [0.29, 0.717) is 5.75 Å². The maximum Gasteiger partial charge on any atom is 0.707 e. The second-order valence-corrected chi connectivity index (χ2v) is 3.55. The van der Waals surface area contributed by atoms with Crippen LogP contribution in [0.25, 0.3) is 0 Å². The summed E-state index contributed by atoms with van der Waals surface area (Å²) in [6, 6.07) is 7.40. The molecule has 0 heterocycles. The molecule has 0 saturated heterocycles. The molecule has 82 valence electrons. The molecule has 0 saturated carbocycles. The van der Waals surface area contributed by atoms with E-state index in [-0.39, 0.29) is 0 Å². The molecule has 2 N–H and O–H groups in total. The van der Waals surface area contributed by atoms with Gasteiger partial charge in [0, 0.05) is 0 Å².